The van der Waals surface area contributed by atoms with Crippen molar-refractivity contribution >= 4 is 11.6 Å². The van der Waals surface area contributed by atoms with E-state index in [9.17, 15) is 0 Å². The largest absolute Gasteiger partial charge is 0.493 e. The second-order valence-corrected chi connectivity index (χ2v) is 7.66. The molecule has 33 heavy (non-hydrogen) atoms. The van der Waals surface area contributed by atoms with Crippen molar-refractivity contribution in [2.24, 2.45) is 5.73 Å². The van der Waals surface area contributed by atoms with Crippen LogP contribution in [0.3, 0.4) is 0 Å². The minimum Gasteiger partial charge on any atom is -0.493 e. The van der Waals surface area contributed by atoms with E-state index in [1.54, 1.807) is 14.2 Å². The summed E-state index contributed by atoms with van der Waals surface area (Å²) in [6.45, 7) is 3.22. The Kier molecular flexibility index (Phi) is 8.65. The van der Waals surface area contributed by atoms with Crippen molar-refractivity contribution < 1.29 is 19.3 Å². The summed E-state index contributed by atoms with van der Waals surface area (Å²) in [5.74, 6) is 1.35. The average molecular weight is 472 g/mol. The maximum absolute atomic E-state index is 8.45. The van der Waals surface area contributed by atoms with Gasteiger partial charge in [0.1, 0.15) is 6.10 Å². The number of halogens is 1. The zero-order valence-corrected chi connectivity index (χ0v) is 19.8. The molecule has 1 aromatic heterocycles. The number of likely N-dealkylation sites (N-methyl/N-ethyl adjacent to an activating group) is 1. The van der Waals surface area contributed by atoms with Gasteiger partial charge in [-0.25, -0.2) is 0 Å². The molecule has 0 saturated heterocycles. The summed E-state index contributed by atoms with van der Waals surface area (Å²) >= 11 is 6.30. The van der Waals surface area contributed by atoms with Crippen LogP contribution in [-0.4, -0.2) is 37.0 Å². The van der Waals surface area contributed by atoms with Gasteiger partial charge in [0, 0.05) is 40.8 Å². The Morgan fingerprint density at radius 1 is 1.21 bits per heavy atom. The highest BCUT2D eigenvalue weighted by atomic mass is 35.5. The highest BCUT2D eigenvalue weighted by molar-refractivity contribution is 6.30. The molecule has 1 aliphatic rings. The maximum atomic E-state index is 8.45. The zero-order valence-electron chi connectivity index (χ0n) is 19.0. The molecule has 0 bridgehead atoms. The topological polar surface area (TPSA) is 90.9 Å². The summed E-state index contributed by atoms with van der Waals surface area (Å²) in [5.41, 5.74) is 9.81. The number of aliphatic hydroxyl groups is 1. The fourth-order valence-electron chi connectivity index (χ4n) is 3.75. The molecule has 1 atom stereocenters. The van der Waals surface area contributed by atoms with Crippen molar-refractivity contribution in [1.82, 2.24) is 9.88 Å². The summed E-state index contributed by atoms with van der Waals surface area (Å²) < 4.78 is 19.5. The molecule has 0 radical (unpaired) electrons. The molecule has 4 N–H and O–H groups in total. The SMILES string of the molecule is CCN/C(=C\N)CO.COc1cccc(C2OCc3cccn3-c3ccc(Cl)cc32)c1OC. The summed E-state index contributed by atoms with van der Waals surface area (Å²) in [5, 5.41) is 12.0. The van der Waals surface area contributed by atoms with Gasteiger partial charge in [-0.2, -0.15) is 0 Å². The lowest BCUT2D eigenvalue weighted by atomic mass is 9.98. The number of para-hydroxylation sites is 1. The third-order valence-electron chi connectivity index (χ3n) is 5.25. The Morgan fingerprint density at radius 2 is 2.03 bits per heavy atom. The third kappa shape index (κ3) is 5.45. The first-order chi connectivity index (χ1) is 16.1. The van der Waals surface area contributed by atoms with E-state index < -0.39 is 0 Å². The smallest absolute Gasteiger partial charge is 0.166 e. The molecule has 0 amide bonds. The molecular weight excluding hydrogens is 442 g/mol. The van der Waals surface area contributed by atoms with Crippen LogP contribution in [0.4, 0.5) is 0 Å². The van der Waals surface area contributed by atoms with Crippen LogP contribution in [0.5, 0.6) is 11.5 Å². The summed E-state index contributed by atoms with van der Waals surface area (Å²) in [6, 6.07) is 15.8. The van der Waals surface area contributed by atoms with Crippen LogP contribution < -0.4 is 20.5 Å². The van der Waals surface area contributed by atoms with Crippen LogP contribution >= 0.6 is 11.6 Å². The summed E-state index contributed by atoms with van der Waals surface area (Å²) in [7, 11) is 3.27. The fraction of sp³-hybridized carbons (Fsp3) is 0.280. The predicted molar refractivity (Wildman–Crippen MR) is 130 cm³/mol. The molecule has 2 heterocycles. The van der Waals surface area contributed by atoms with E-state index in [1.165, 1.54) is 6.20 Å². The number of benzene rings is 2. The second-order valence-electron chi connectivity index (χ2n) is 7.23. The van der Waals surface area contributed by atoms with Gasteiger partial charge in [-0.3, -0.25) is 0 Å². The Labute approximate surface area is 199 Å². The van der Waals surface area contributed by atoms with E-state index in [1.807, 2.05) is 55.6 Å². The van der Waals surface area contributed by atoms with Gasteiger partial charge in [0.25, 0.3) is 0 Å². The standard InChI is InChI=1S/C20H18ClNO3.C5H12N2O/c1-23-18-7-3-6-15(20(18)24-2)19-16-11-13(21)8-9-17(16)22-10-4-5-14(22)12-25-19;1-2-7-5(3-6)4-8/h3-11,19H,12H2,1-2H3;3,7-8H,2,4,6H2,1H3/b;5-3-. The van der Waals surface area contributed by atoms with Gasteiger partial charge in [-0.1, -0.05) is 23.7 Å². The second kappa shape index (κ2) is 11.7. The number of aliphatic hydroxyl groups excluding tert-OH is 1. The fourth-order valence-corrected chi connectivity index (χ4v) is 3.93. The normalized spacial score (nSPS) is 14.8. The third-order valence-corrected chi connectivity index (χ3v) is 5.49. The molecule has 0 saturated carbocycles. The highest BCUT2D eigenvalue weighted by Crippen LogP contribution is 2.43. The van der Waals surface area contributed by atoms with Crippen LogP contribution in [0.2, 0.25) is 5.02 Å². The first-order valence-electron chi connectivity index (χ1n) is 10.6. The quantitative estimate of drug-likeness (QED) is 0.500. The first-order valence-corrected chi connectivity index (χ1v) is 11.0. The molecule has 8 heteroatoms. The number of hydrogen-bond donors (Lipinski definition) is 3. The van der Waals surface area contributed by atoms with Crippen molar-refractivity contribution in [2.75, 3.05) is 27.4 Å². The van der Waals surface area contributed by atoms with Gasteiger partial charge in [0.2, 0.25) is 0 Å². The molecule has 3 aromatic rings. The van der Waals surface area contributed by atoms with E-state index in [4.69, 9.17) is 36.7 Å². The van der Waals surface area contributed by atoms with E-state index in [0.29, 0.717) is 28.8 Å². The van der Waals surface area contributed by atoms with Gasteiger partial charge in [0.05, 0.1) is 38.8 Å². The molecule has 0 fully saturated rings. The minimum absolute atomic E-state index is 0.00958. The Hall–Kier alpha value is -3.13. The monoisotopic (exact) mass is 471 g/mol. The molecule has 2 aromatic carbocycles. The summed E-state index contributed by atoms with van der Waals surface area (Å²) in [6.07, 6.45) is 3.10. The van der Waals surface area contributed by atoms with Gasteiger partial charge in [-0.15, -0.1) is 0 Å². The number of nitrogens with zero attached hydrogens (tertiary/aromatic N) is 1. The van der Waals surface area contributed by atoms with Crippen LogP contribution in [0.25, 0.3) is 5.69 Å². The molecule has 7 nitrogen and oxygen atoms in total. The molecule has 4 rings (SSSR count). The van der Waals surface area contributed by atoms with Crippen molar-refractivity contribution in [3.63, 3.8) is 0 Å². The molecule has 1 unspecified atom stereocenters. The van der Waals surface area contributed by atoms with Crippen molar-refractivity contribution in [2.45, 2.75) is 19.6 Å². The highest BCUT2D eigenvalue weighted by Gasteiger charge is 2.28. The Balaban J connectivity index is 0.000000331. The van der Waals surface area contributed by atoms with Crippen molar-refractivity contribution in [3.05, 3.63) is 88.5 Å². The Bertz CT molecular complexity index is 1100. The van der Waals surface area contributed by atoms with E-state index in [-0.39, 0.29) is 12.7 Å². The van der Waals surface area contributed by atoms with Gasteiger partial charge < -0.3 is 34.9 Å². The summed E-state index contributed by atoms with van der Waals surface area (Å²) in [4.78, 5) is 0. The Morgan fingerprint density at radius 3 is 2.67 bits per heavy atom. The van der Waals surface area contributed by atoms with Crippen molar-refractivity contribution in [3.8, 4) is 17.2 Å². The number of nitrogens with two attached hydrogens (primary N) is 1. The maximum Gasteiger partial charge on any atom is 0.166 e. The van der Waals surface area contributed by atoms with Gasteiger partial charge in [-0.05, 0) is 43.3 Å². The van der Waals surface area contributed by atoms with Crippen LogP contribution in [-0.2, 0) is 11.3 Å². The lowest BCUT2D eigenvalue weighted by Crippen LogP contribution is -2.16. The van der Waals surface area contributed by atoms with Crippen LogP contribution in [0, 0.1) is 0 Å². The number of hydrogen-bond acceptors (Lipinski definition) is 6. The van der Waals surface area contributed by atoms with E-state index in [0.717, 1.165) is 29.1 Å². The number of methoxy groups -OCH3 is 2. The molecule has 176 valence electrons. The zero-order chi connectivity index (χ0) is 23.8. The van der Waals surface area contributed by atoms with E-state index in [2.05, 4.69) is 16.0 Å². The number of fused-ring (bicyclic) bond motifs is 3. The number of ether oxygens (including phenoxy) is 3. The van der Waals surface area contributed by atoms with E-state index >= 15 is 0 Å². The first kappa shape index (κ1) is 24.5. The molecular formula is C25H30ClN3O4. The number of aromatic nitrogens is 1. The number of nitrogens with one attached hydrogen (secondary N) is 1. The van der Waals surface area contributed by atoms with Gasteiger partial charge >= 0.3 is 0 Å². The molecule has 1 aliphatic heterocycles. The lowest BCUT2D eigenvalue weighted by Gasteiger charge is -2.22. The molecule has 0 aliphatic carbocycles. The number of rotatable bonds is 6. The molecule has 0 spiro atoms. The lowest BCUT2D eigenvalue weighted by molar-refractivity contribution is 0.0660. The predicted octanol–water partition coefficient (Wildman–Crippen LogP) is 4.16. The van der Waals surface area contributed by atoms with Crippen molar-refractivity contribution in [1.29, 1.82) is 0 Å². The average Bonchev–Trinajstić information content (AvgIpc) is 3.25. The van der Waals surface area contributed by atoms with Crippen LogP contribution in [0.1, 0.15) is 29.8 Å². The van der Waals surface area contributed by atoms with Gasteiger partial charge in [0.15, 0.2) is 11.5 Å². The van der Waals surface area contributed by atoms with Crippen LogP contribution in [0.15, 0.2) is 66.6 Å². The minimum atomic E-state index is -0.307.